The lowest BCUT2D eigenvalue weighted by Gasteiger charge is -2.28. The molecule has 0 spiro atoms. The fraction of sp³-hybridized carbons (Fsp3) is 0.750. The zero-order chi connectivity index (χ0) is 19.4. The Hall–Kier alpha value is -1.49. The van der Waals surface area contributed by atoms with Crippen molar-refractivity contribution in [3.8, 4) is 0 Å². The summed E-state index contributed by atoms with van der Waals surface area (Å²) in [6.45, 7) is 9.68. The molecule has 0 aromatic heterocycles. The molecular weight excluding hydrogens is 320 g/mol. The first kappa shape index (κ1) is 21.6. The standard InChI is InChI=1S/C20H32O5/c1-6-7-15(21)17-18(23)14(10-8-12(2)3)20(25,19(17)24)16(22)11-9-13(4)5/h12-14,24-25H,6-11H2,1-5H3/t14-,20+/m0/s1. The Balaban J connectivity index is 3.25. The summed E-state index contributed by atoms with van der Waals surface area (Å²) in [6.07, 6.45) is 2.15. The maximum absolute atomic E-state index is 12.8. The second-order valence-corrected chi connectivity index (χ2v) is 7.91. The molecule has 2 atom stereocenters. The molecule has 0 saturated heterocycles. The third kappa shape index (κ3) is 4.57. The maximum atomic E-state index is 12.8. The fourth-order valence-electron chi connectivity index (χ4n) is 3.23. The predicted molar refractivity (Wildman–Crippen MR) is 96.2 cm³/mol. The van der Waals surface area contributed by atoms with Crippen molar-refractivity contribution in [1.82, 2.24) is 0 Å². The Morgan fingerprint density at radius 3 is 2.12 bits per heavy atom. The van der Waals surface area contributed by atoms with E-state index < -0.39 is 34.6 Å². The molecule has 0 radical (unpaired) electrons. The molecule has 0 saturated carbocycles. The number of allylic oxidation sites excluding steroid dienone is 1. The van der Waals surface area contributed by atoms with E-state index in [9.17, 15) is 24.6 Å². The van der Waals surface area contributed by atoms with Crippen LogP contribution in [0.2, 0.25) is 0 Å². The highest BCUT2D eigenvalue weighted by molar-refractivity contribution is 6.25. The molecule has 2 N–H and O–H groups in total. The van der Waals surface area contributed by atoms with Gasteiger partial charge in [0, 0.05) is 12.8 Å². The number of carbonyl (C=O) groups is 3. The van der Waals surface area contributed by atoms with E-state index in [1.807, 2.05) is 27.7 Å². The molecule has 0 fully saturated rings. The van der Waals surface area contributed by atoms with E-state index in [4.69, 9.17) is 0 Å². The molecule has 0 bridgehead atoms. The van der Waals surface area contributed by atoms with Crippen molar-refractivity contribution in [1.29, 1.82) is 0 Å². The van der Waals surface area contributed by atoms with Gasteiger partial charge >= 0.3 is 0 Å². The zero-order valence-electron chi connectivity index (χ0n) is 16.1. The van der Waals surface area contributed by atoms with Gasteiger partial charge in [-0.2, -0.15) is 0 Å². The van der Waals surface area contributed by atoms with Gasteiger partial charge in [-0.05, 0) is 31.1 Å². The Morgan fingerprint density at radius 1 is 1.08 bits per heavy atom. The lowest BCUT2D eigenvalue weighted by molar-refractivity contribution is -0.145. The first-order valence-corrected chi connectivity index (χ1v) is 9.34. The summed E-state index contributed by atoms with van der Waals surface area (Å²) in [4.78, 5) is 37.7. The Labute approximate surface area is 150 Å². The van der Waals surface area contributed by atoms with Gasteiger partial charge in [0.15, 0.2) is 23.0 Å². The molecule has 1 aliphatic rings. The largest absolute Gasteiger partial charge is 0.508 e. The van der Waals surface area contributed by atoms with Crippen LogP contribution in [0, 0.1) is 17.8 Å². The van der Waals surface area contributed by atoms with Crippen LogP contribution in [-0.4, -0.2) is 33.2 Å². The van der Waals surface area contributed by atoms with Gasteiger partial charge in [-0.3, -0.25) is 14.4 Å². The number of rotatable bonds is 10. The highest BCUT2D eigenvalue weighted by atomic mass is 16.3. The van der Waals surface area contributed by atoms with Gasteiger partial charge in [0.2, 0.25) is 0 Å². The van der Waals surface area contributed by atoms with Gasteiger partial charge in [0.25, 0.3) is 0 Å². The average molecular weight is 352 g/mol. The minimum atomic E-state index is -2.25. The SMILES string of the molecule is CCCC(=O)C1=C(O)[C@](O)(C(=O)CCC(C)C)[C@@H](CCC(C)C)C1=O. The third-order valence-electron chi connectivity index (χ3n) is 4.83. The van der Waals surface area contributed by atoms with E-state index in [1.165, 1.54) is 0 Å². The first-order valence-electron chi connectivity index (χ1n) is 9.34. The van der Waals surface area contributed by atoms with Crippen molar-refractivity contribution in [2.75, 3.05) is 0 Å². The molecule has 25 heavy (non-hydrogen) atoms. The molecular formula is C20H32O5. The molecule has 1 rings (SSSR count). The lowest BCUT2D eigenvalue weighted by atomic mass is 9.79. The molecule has 0 aromatic rings. The van der Waals surface area contributed by atoms with Crippen LogP contribution in [0.25, 0.3) is 0 Å². The minimum Gasteiger partial charge on any atom is -0.508 e. The highest BCUT2D eigenvalue weighted by Gasteiger charge is 2.58. The van der Waals surface area contributed by atoms with E-state index in [1.54, 1.807) is 6.92 Å². The zero-order valence-corrected chi connectivity index (χ0v) is 16.1. The predicted octanol–water partition coefficient (Wildman–Crippen LogP) is 3.54. The highest BCUT2D eigenvalue weighted by Crippen LogP contribution is 2.42. The average Bonchev–Trinajstić information content (AvgIpc) is 2.70. The van der Waals surface area contributed by atoms with E-state index in [-0.39, 0.29) is 36.7 Å². The number of ketones is 3. The number of aliphatic hydroxyl groups excluding tert-OH is 1. The second kappa shape index (κ2) is 8.75. The van der Waals surface area contributed by atoms with Crippen molar-refractivity contribution >= 4 is 17.3 Å². The van der Waals surface area contributed by atoms with Gasteiger partial charge in [0.1, 0.15) is 11.3 Å². The summed E-state index contributed by atoms with van der Waals surface area (Å²) >= 11 is 0. The summed E-state index contributed by atoms with van der Waals surface area (Å²) in [5.41, 5.74) is -2.62. The van der Waals surface area contributed by atoms with Crippen LogP contribution in [0.3, 0.4) is 0 Å². The molecule has 142 valence electrons. The van der Waals surface area contributed by atoms with Crippen LogP contribution in [0.15, 0.2) is 11.3 Å². The molecule has 0 aromatic carbocycles. The number of hydrogen-bond acceptors (Lipinski definition) is 5. The molecule has 0 aliphatic heterocycles. The molecule has 0 heterocycles. The molecule has 5 nitrogen and oxygen atoms in total. The first-order chi connectivity index (χ1) is 11.6. The summed E-state index contributed by atoms with van der Waals surface area (Å²) < 4.78 is 0. The fourth-order valence-corrected chi connectivity index (χ4v) is 3.23. The molecule has 0 unspecified atom stereocenters. The van der Waals surface area contributed by atoms with Gasteiger partial charge in [-0.15, -0.1) is 0 Å². The van der Waals surface area contributed by atoms with Gasteiger partial charge < -0.3 is 10.2 Å². The second-order valence-electron chi connectivity index (χ2n) is 7.91. The van der Waals surface area contributed by atoms with Crippen molar-refractivity contribution in [3.63, 3.8) is 0 Å². The van der Waals surface area contributed by atoms with Crippen LogP contribution >= 0.6 is 0 Å². The van der Waals surface area contributed by atoms with Crippen molar-refractivity contribution < 1.29 is 24.6 Å². The minimum absolute atomic E-state index is 0.0684. The van der Waals surface area contributed by atoms with Crippen molar-refractivity contribution in [2.24, 2.45) is 17.8 Å². The van der Waals surface area contributed by atoms with E-state index in [0.29, 0.717) is 19.3 Å². The van der Waals surface area contributed by atoms with Gasteiger partial charge in [-0.1, -0.05) is 41.0 Å². The Morgan fingerprint density at radius 2 is 1.64 bits per heavy atom. The smallest absolute Gasteiger partial charge is 0.190 e. The monoisotopic (exact) mass is 352 g/mol. The summed E-state index contributed by atoms with van der Waals surface area (Å²) in [7, 11) is 0. The molecule has 5 heteroatoms. The third-order valence-corrected chi connectivity index (χ3v) is 4.83. The van der Waals surface area contributed by atoms with Crippen LogP contribution in [0.1, 0.15) is 73.1 Å². The Bertz CT molecular complexity index is 558. The van der Waals surface area contributed by atoms with Crippen LogP contribution in [-0.2, 0) is 14.4 Å². The number of hydrogen-bond donors (Lipinski definition) is 2. The number of aliphatic hydroxyl groups is 2. The van der Waals surface area contributed by atoms with E-state index >= 15 is 0 Å². The van der Waals surface area contributed by atoms with E-state index in [0.717, 1.165) is 0 Å². The number of carbonyl (C=O) groups excluding carboxylic acids is 3. The van der Waals surface area contributed by atoms with Crippen LogP contribution in [0.5, 0.6) is 0 Å². The topological polar surface area (TPSA) is 91.7 Å². The van der Waals surface area contributed by atoms with Crippen LogP contribution in [0.4, 0.5) is 0 Å². The molecule has 1 aliphatic carbocycles. The van der Waals surface area contributed by atoms with Crippen LogP contribution < -0.4 is 0 Å². The quantitative estimate of drug-likeness (QED) is 0.587. The van der Waals surface area contributed by atoms with Crippen molar-refractivity contribution in [2.45, 2.75) is 78.7 Å². The maximum Gasteiger partial charge on any atom is 0.190 e. The normalized spacial score (nSPS) is 23.8. The lowest BCUT2D eigenvalue weighted by Crippen LogP contribution is -2.47. The van der Waals surface area contributed by atoms with Crippen molar-refractivity contribution in [3.05, 3.63) is 11.3 Å². The summed E-state index contributed by atoms with van der Waals surface area (Å²) in [5.74, 6) is -2.90. The van der Waals surface area contributed by atoms with Gasteiger partial charge in [-0.25, -0.2) is 0 Å². The number of Topliss-reactive ketones (excluding diaryl/α,β-unsaturated/α-hetero) is 3. The van der Waals surface area contributed by atoms with Gasteiger partial charge in [0.05, 0.1) is 5.92 Å². The Kier molecular flexibility index (Phi) is 7.54. The molecule has 0 amide bonds. The summed E-state index contributed by atoms with van der Waals surface area (Å²) in [6, 6.07) is 0. The van der Waals surface area contributed by atoms with E-state index in [2.05, 4.69) is 0 Å². The summed E-state index contributed by atoms with van der Waals surface area (Å²) in [5, 5.41) is 21.6.